The number of aliphatic hydroxyl groups is 1. The summed E-state index contributed by atoms with van der Waals surface area (Å²) in [6, 6.07) is 0. The number of rotatable bonds is 1. The lowest BCUT2D eigenvalue weighted by Crippen LogP contribution is -2.34. The Labute approximate surface area is 105 Å². The molecule has 3 heteroatoms. The van der Waals surface area contributed by atoms with Gasteiger partial charge in [-0.25, -0.2) is 4.98 Å². The van der Waals surface area contributed by atoms with Gasteiger partial charge in [-0.1, -0.05) is 20.8 Å². The van der Waals surface area contributed by atoms with Gasteiger partial charge in [0.05, 0.1) is 11.9 Å². The minimum Gasteiger partial charge on any atom is -0.384 e. The van der Waals surface area contributed by atoms with Crippen LogP contribution in [0.1, 0.15) is 66.9 Å². The predicted molar refractivity (Wildman–Crippen MR) is 71.2 cm³/mol. The van der Waals surface area contributed by atoms with Gasteiger partial charge in [0, 0.05) is 11.0 Å². The highest BCUT2D eigenvalue weighted by Gasteiger charge is 2.33. The van der Waals surface area contributed by atoms with Crippen LogP contribution in [0.2, 0.25) is 0 Å². The summed E-state index contributed by atoms with van der Waals surface area (Å²) in [6.07, 6.45) is 1.80. The molecule has 1 aromatic rings. The molecule has 98 valence electrons. The Morgan fingerprint density at radius 3 is 1.76 bits per heavy atom. The lowest BCUT2D eigenvalue weighted by atomic mass is 9.93. The van der Waals surface area contributed by atoms with Crippen molar-refractivity contribution in [3.8, 4) is 0 Å². The summed E-state index contributed by atoms with van der Waals surface area (Å²) in [6.45, 7) is 16.5. The normalized spacial score (nSPS) is 14.2. The second-order valence-electron chi connectivity index (χ2n) is 7.28. The minimum atomic E-state index is -0.871. The first kappa shape index (κ1) is 14.2. The second kappa shape index (κ2) is 3.84. The summed E-state index contributed by atoms with van der Waals surface area (Å²) in [5.41, 5.74) is -0.121. The van der Waals surface area contributed by atoms with Gasteiger partial charge in [-0.2, -0.15) is 0 Å². The fourth-order valence-electron chi connectivity index (χ4n) is 1.99. The van der Waals surface area contributed by atoms with Crippen molar-refractivity contribution in [1.29, 1.82) is 0 Å². The Morgan fingerprint density at radius 2 is 1.47 bits per heavy atom. The van der Waals surface area contributed by atoms with E-state index in [-0.39, 0.29) is 11.0 Å². The van der Waals surface area contributed by atoms with E-state index >= 15 is 0 Å². The molecule has 1 heterocycles. The van der Waals surface area contributed by atoms with Gasteiger partial charge in [0.25, 0.3) is 0 Å². The Balaban J connectivity index is 3.53. The van der Waals surface area contributed by atoms with Gasteiger partial charge in [0.2, 0.25) is 0 Å². The zero-order valence-corrected chi connectivity index (χ0v) is 12.4. The summed E-state index contributed by atoms with van der Waals surface area (Å²) in [7, 11) is 0. The number of imidazole rings is 1. The van der Waals surface area contributed by atoms with E-state index in [4.69, 9.17) is 0 Å². The molecule has 0 amide bonds. The van der Waals surface area contributed by atoms with Crippen molar-refractivity contribution < 1.29 is 5.11 Å². The predicted octanol–water partition coefficient (Wildman–Crippen LogP) is 3.16. The van der Waals surface area contributed by atoms with Crippen LogP contribution >= 0.6 is 0 Å². The highest BCUT2D eigenvalue weighted by atomic mass is 16.3. The maximum Gasteiger partial charge on any atom is 0.114 e. The summed E-state index contributed by atoms with van der Waals surface area (Å²) < 4.78 is 2.16. The molecule has 0 bridgehead atoms. The molecular weight excluding hydrogens is 212 g/mol. The van der Waals surface area contributed by atoms with Crippen LogP contribution in [-0.4, -0.2) is 14.7 Å². The van der Waals surface area contributed by atoms with Crippen LogP contribution < -0.4 is 0 Å². The van der Waals surface area contributed by atoms with Crippen molar-refractivity contribution in [2.75, 3.05) is 0 Å². The van der Waals surface area contributed by atoms with Crippen molar-refractivity contribution in [2.24, 2.45) is 0 Å². The van der Waals surface area contributed by atoms with E-state index in [1.165, 1.54) is 0 Å². The van der Waals surface area contributed by atoms with Crippen LogP contribution in [0.4, 0.5) is 0 Å². The fraction of sp³-hybridized carbons (Fsp3) is 0.786. The van der Waals surface area contributed by atoms with E-state index in [0.29, 0.717) is 0 Å². The summed E-state index contributed by atoms with van der Waals surface area (Å²) >= 11 is 0. The summed E-state index contributed by atoms with van der Waals surface area (Å²) in [5.74, 6) is 1.02. The zero-order chi connectivity index (χ0) is 13.6. The van der Waals surface area contributed by atoms with E-state index < -0.39 is 5.60 Å². The lowest BCUT2D eigenvalue weighted by Gasteiger charge is -2.33. The molecule has 0 aromatic carbocycles. The van der Waals surface area contributed by atoms with E-state index in [1.807, 2.05) is 0 Å². The van der Waals surface area contributed by atoms with Gasteiger partial charge in [0.1, 0.15) is 11.4 Å². The van der Waals surface area contributed by atoms with Crippen LogP contribution in [-0.2, 0) is 16.6 Å². The third-order valence-corrected chi connectivity index (χ3v) is 2.73. The smallest absolute Gasteiger partial charge is 0.114 e. The number of hydrogen-bond acceptors (Lipinski definition) is 2. The molecular formula is C14H26N2O. The molecule has 0 fully saturated rings. The summed E-state index contributed by atoms with van der Waals surface area (Å²) in [4.78, 5) is 4.52. The van der Waals surface area contributed by atoms with Crippen molar-refractivity contribution in [3.63, 3.8) is 0 Å². The Morgan fingerprint density at radius 1 is 1.00 bits per heavy atom. The van der Waals surface area contributed by atoms with Gasteiger partial charge in [-0.3, -0.25) is 0 Å². The molecule has 17 heavy (non-hydrogen) atoms. The molecule has 0 radical (unpaired) electrons. The van der Waals surface area contributed by atoms with E-state index in [2.05, 4.69) is 51.1 Å². The maximum atomic E-state index is 10.3. The first-order chi connectivity index (χ1) is 7.35. The van der Waals surface area contributed by atoms with Crippen LogP contribution in [0, 0.1) is 0 Å². The quantitative estimate of drug-likeness (QED) is 0.816. The Hall–Kier alpha value is -0.830. The average molecular weight is 238 g/mol. The van der Waals surface area contributed by atoms with Gasteiger partial charge >= 0.3 is 0 Å². The SMILES string of the molecule is CC(C)(C)c1ncc(C(C)(C)O)n1C(C)(C)C. The molecule has 0 saturated carbocycles. The molecule has 1 rings (SSSR count). The fourth-order valence-corrected chi connectivity index (χ4v) is 1.99. The number of aromatic nitrogens is 2. The molecule has 1 aromatic heterocycles. The average Bonchev–Trinajstić information content (AvgIpc) is 2.42. The third kappa shape index (κ3) is 2.89. The van der Waals surface area contributed by atoms with Crippen molar-refractivity contribution >= 4 is 0 Å². The highest BCUT2D eigenvalue weighted by molar-refractivity contribution is 5.19. The standard InChI is InChI=1S/C14H26N2O/c1-12(2,3)11-15-9-10(14(7,8)17)16(11)13(4,5)6/h9,17H,1-8H3. The lowest BCUT2D eigenvalue weighted by molar-refractivity contribution is 0.0642. The Bertz CT molecular complexity index is 366. The van der Waals surface area contributed by atoms with Gasteiger partial charge < -0.3 is 9.67 Å². The van der Waals surface area contributed by atoms with Gasteiger partial charge in [-0.15, -0.1) is 0 Å². The largest absolute Gasteiger partial charge is 0.384 e. The molecule has 1 N–H and O–H groups in total. The van der Waals surface area contributed by atoms with Gasteiger partial charge in [0.15, 0.2) is 0 Å². The molecule has 0 aliphatic carbocycles. The van der Waals surface area contributed by atoms with Crippen LogP contribution in [0.5, 0.6) is 0 Å². The zero-order valence-electron chi connectivity index (χ0n) is 12.4. The minimum absolute atomic E-state index is 0.0310. The molecule has 0 atom stereocenters. The van der Waals surface area contributed by atoms with Crippen molar-refractivity contribution in [3.05, 3.63) is 17.7 Å². The van der Waals surface area contributed by atoms with Crippen molar-refractivity contribution in [1.82, 2.24) is 9.55 Å². The van der Waals surface area contributed by atoms with E-state index in [1.54, 1.807) is 20.0 Å². The van der Waals surface area contributed by atoms with Crippen LogP contribution in [0.25, 0.3) is 0 Å². The number of nitrogens with zero attached hydrogens (tertiary/aromatic N) is 2. The first-order valence-electron chi connectivity index (χ1n) is 6.16. The third-order valence-electron chi connectivity index (χ3n) is 2.73. The van der Waals surface area contributed by atoms with E-state index in [0.717, 1.165) is 11.5 Å². The second-order valence-corrected chi connectivity index (χ2v) is 7.28. The maximum absolute atomic E-state index is 10.3. The number of hydrogen-bond donors (Lipinski definition) is 1. The molecule has 0 aliphatic rings. The monoisotopic (exact) mass is 238 g/mol. The molecule has 3 nitrogen and oxygen atoms in total. The van der Waals surface area contributed by atoms with E-state index in [9.17, 15) is 5.11 Å². The molecule has 0 spiro atoms. The molecule has 0 unspecified atom stereocenters. The highest BCUT2D eigenvalue weighted by Crippen LogP contribution is 2.32. The molecule has 0 aliphatic heterocycles. The first-order valence-corrected chi connectivity index (χ1v) is 6.16. The van der Waals surface area contributed by atoms with Gasteiger partial charge in [-0.05, 0) is 34.6 Å². The van der Waals surface area contributed by atoms with Crippen LogP contribution in [0.15, 0.2) is 6.20 Å². The Kier molecular flexibility index (Phi) is 3.21. The van der Waals surface area contributed by atoms with Crippen molar-refractivity contribution in [2.45, 2.75) is 71.9 Å². The topological polar surface area (TPSA) is 38.1 Å². The summed E-state index contributed by atoms with van der Waals surface area (Å²) in [5, 5.41) is 10.3. The van der Waals surface area contributed by atoms with Crippen LogP contribution in [0.3, 0.4) is 0 Å². The molecule has 0 saturated heterocycles.